The molecule has 1 amide bonds. The average molecular weight is 377 g/mol. The first-order valence-corrected chi connectivity index (χ1v) is 9.97. The van der Waals surface area contributed by atoms with Crippen LogP contribution in [0.4, 0.5) is 0 Å². The second kappa shape index (κ2) is 9.16. The Hall–Kier alpha value is -2.16. The molecule has 150 valence electrons. The highest BCUT2D eigenvalue weighted by Crippen LogP contribution is 2.15. The van der Waals surface area contributed by atoms with Crippen molar-refractivity contribution < 1.29 is 4.79 Å². The van der Waals surface area contributed by atoms with Crippen LogP contribution in [0, 0.1) is 6.92 Å². The number of hydrogen-bond acceptors (Lipinski definition) is 5. The Bertz CT molecular complexity index is 660. The number of amides is 1. The summed E-state index contributed by atoms with van der Waals surface area (Å²) in [6.45, 7) is 8.38. The fourth-order valence-corrected chi connectivity index (χ4v) is 3.70. The minimum atomic E-state index is 0.124. The summed E-state index contributed by atoms with van der Waals surface area (Å²) < 4.78 is 1.96. The lowest BCUT2D eigenvalue weighted by molar-refractivity contribution is -0.122. The first-order valence-electron chi connectivity index (χ1n) is 9.97. The first kappa shape index (κ1) is 19.6. The largest absolute Gasteiger partial charge is 0.355 e. The summed E-state index contributed by atoms with van der Waals surface area (Å²) in [7, 11) is 1.95. The van der Waals surface area contributed by atoms with Gasteiger partial charge in [0.1, 0.15) is 12.4 Å². The first-order chi connectivity index (χ1) is 13.1. The molecule has 9 heteroatoms. The third kappa shape index (κ3) is 5.18. The molecule has 2 fully saturated rings. The summed E-state index contributed by atoms with van der Waals surface area (Å²) in [4.78, 5) is 18.6. The van der Waals surface area contributed by atoms with Crippen LogP contribution in [0.3, 0.4) is 0 Å². The van der Waals surface area contributed by atoms with Gasteiger partial charge in [0, 0.05) is 38.6 Å². The Morgan fingerprint density at radius 3 is 2.89 bits per heavy atom. The molecule has 3 heterocycles. The Morgan fingerprint density at radius 1 is 1.37 bits per heavy atom. The highest BCUT2D eigenvalue weighted by Gasteiger charge is 2.24. The molecule has 3 rings (SSSR count). The van der Waals surface area contributed by atoms with Gasteiger partial charge in [0.25, 0.3) is 0 Å². The molecule has 0 spiro atoms. The van der Waals surface area contributed by atoms with Gasteiger partial charge in [0.2, 0.25) is 5.91 Å². The van der Waals surface area contributed by atoms with Crippen LogP contribution in [-0.4, -0.2) is 69.8 Å². The van der Waals surface area contributed by atoms with Crippen molar-refractivity contribution in [2.45, 2.75) is 58.2 Å². The van der Waals surface area contributed by atoms with Crippen LogP contribution in [0.2, 0.25) is 0 Å². The van der Waals surface area contributed by atoms with Gasteiger partial charge in [-0.1, -0.05) is 6.92 Å². The van der Waals surface area contributed by atoms with E-state index in [-0.39, 0.29) is 11.9 Å². The van der Waals surface area contributed by atoms with E-state index in [1.165, 1.54) is 19.4 Å². The van der Waals surface area contributed by atoms with Gasteiger partial charge in [-0.05, 0) is 39.3 Å². The zero-order valence-corrected chi connectivity index (χ0v) is 16.7. The summed E-state index contributed by atoms with van der Waals surface area (Å²) in [6.07, 6.45) is 3.85. The quantitative estimate of drug-likeness (QED) is 0.474. The number of nitrogens with zero attached hydrogens (tertiary/aromatic N) is 5. The van der Waals surface area contributed by atoms with E-state index in [1.807, 2.05) is 18.5 Å². The molecule has 2 aliphatic rings. The molecule has 2 unspecified atom stereocenters. The molecule has 9 nitrogen and oxygen atoms in total. The van der Waals surface area contributed by atoms with E-state index in [1.54, 1.807) is 0 Å². The molecular formula is C18H32N8O. The van der Waals surface area contributed by atoms with E-state index in [0.717, 1.165) is 37.1 Å². The Labute approximate surface area is 161 Å². The van der Waals surface area contributed by atoms with Gasteiger partial charge in [0.15, 0.2) is 11.8 Å². The number of aliphatic imine (C=N–C) groups is 1. The minimum Gasteiger partial charge on any atom is -0.355 e. The smallest absolute Gasteiger partial charge is 0.220 e. The predicted octanol–water partition coefficient (Wildman–Crippen LogP) is -0.0784. The van der Waals surface area contributed by atoms with E-state index in [4.69, 9.17) is 4.99 Å². The van der Waals surface area contributed by atoms with E-state index >= 15 is 0 Å². The van der Waals surface area contributed by atoms with Crippen molar-refractivity contribution in [1.82, 2.24) is 35.6 Å². The lowest BCUT2D eigenvalue weighted by Crippen LogP contribution is -2.53. The van der Waals surface area contributed by atoms with Gasteiger partial charge in [-0.25, -0.2) is 4.99 Å². The Balaban J connectivity index is 1.62. The van der Waals surface area contributed by atoms with Crippen molar-refractivity contribution in [3.63, 3.8) is 0 Å². The lowest BCUT2D eigenvalue weighted by atomic mass is 10.1. The van der Waals surface area contributed by atoms with Crippen molar-refractivity contribution in [3.05, 3.63) is 11.6 Å². The molecule has 1 aromatic heterocycles. The monoisotopic (exact) mass is 376 g/mol. The SMILES string of the molecule is CCN1CCCC1CNC(=NCc1nnc(C)n1C)NC1CCC(=O)NC1. The van der Waals surface area contributed by atoms with Gasteiger partial charge in [0.05, 0.1) is 0 Å². The van der Waals surface area contributed by atoms with Crippen LogP contribution < -0.4 is 16.0 Å². The lowest BCUT2D eigenvalue weighted by Gasteiger charge is -2.27. The Morgan fingerprint density at radius 2 is 2.22 bits per heavy atom. The average Bonchev–Trinajstić information content (AvgIpc) is 3.26. The number of hydrogen-bond donors (Lipinski definition) is 3. The number of rotatable bonds is 6. The van der Waals surface area contributed by atoms with E-state index in [0.29, 0.717) is 25.6 Å². The molecule has 2 saturated heterocycles. The van der Waals surface area contributed by atoms with Crippen molar-refractivity contribution in [2.24, 2.45) is 12.0 Å². The van der Waals surface area contributed by atoms with Crippen LogP contribution in [0.5, 0.6) is 0 Å². The second-order valence-corrected chi connectivity index (χ2v) is 7.38. The highest BCUT2D eigenvalue weighted by molar-refractivity contribution is 5.81. The molecule has 0 saturated carbocycles. The normalized spacial score (nSPS) is 24.1. The number of aryl methyl sites for hydroxylation is 1. The van der Waals surface area contributed by atoms with Crippen LogP contribution in [0.15, 0.2) is 4.99 Å². The van der Waals surface area contributed by atoms with Crippen molar-refractivity contribution in [1.29, 1.82) is 0 Å². The predicted molar refractivity (Wildman–Crippen MR) is 104 cm³/mol. The number of piperidine rings is 1. The van der Waals surface area contributed by atoms with E-state index in [2.05, 4.69) is 38.0 Å². The molecule has 0 radical (unpaired) electrons. The molecule has 0 aromatic carbocycles. The van der Waals surface area contributed by atoms with Crippen LogP contribution in [0.1, 0.15) is 44.3 Å². The number of carbonyl (C=O) groups is 1. The van der Waals surface area contributed by atoms with Gasteiger partial charge in [-0.2, -0.15) is 0 Å². The van der Waals surface area contributed by atoms with Crippen molar-refractivity contribution >= 4 is 11.9 Å². The van der Waals surface area contributed by atoms with Gasteiger partial charge in [-0.3, -0.25) is 9.69 Å². The van der Waals surface area contributed by atoms with Crippen molar-refractivity contribution in [2.75, 3.05) is 26.2 Å². The molecule has 3 N–H and O–H groups in total. The van der Waals surface area contributed by atoms with Gasteiger partial charge >= 0.3 is 0 Å². The number of guanidine groups is 1. The molecule has 27 heavy (non-hydrogen) atoms. The molecule has 1 aromatic rings. The molecule has 0 bridgehead atoms. The minimum absolute atomic E-state index is 0.124. The second-order valence-electron chi connectivity index (χ2n) is 7.38. The molecular weight excluding hydrogens is 344 g/mol. The van der Waals surface area contributed by atoms with Gasteiger partial charge in [-0.15, -0.1) is 10.2 Å². The van der Waals surface area contributed by atoms with Crippen LogP contribution >= 0.6 is 0 Å². The van der Waals surface area contributed by atoms with Crippen LogP contribution in [0.25, 0.3) is 0 Å². The number of aromatic nitrogens is 3. The number of nitrogens with one attached hydrogen (secondary N) is 3. The summed E-state index contributed by atoms with van der Waals surface area (Å²) in [5.74, 6) is 2.61. The third-order valence-corrected chi connectivity index (χ3v) is 5.58. The molecule has 0 aliphatic carbocycles. The number of carbonyl (C=O) groups excluding carboxylic acids is 1. The summed E-state index contributed by atoms with van der Waals surface area (Å²) >= 11 is 0. The summed E-state index contributed by atoms with van der Waals surface area (Å²) in [5, 5.41) is 18.2. The maximum atomic E-state index is 11.4. The topological polar surface area (TPSA) is 99.5 Å². The highest BCUT2D eigenvalue weighted by atomic mass is 16.1. The van der Waals surface area contributed by atoms with E-state index < -0.39 is 0 Å². The zero-order chi connectivity index (χ0) is 19.2. The fourth-order valence-electron chi connectivity index (χ4n) is 3.70. The number of likely N-dealkylation sites (tertiary alicyclic amines) is 1. The standard InChI is InChI=1S/C18H32N8O/c1-4-26-9-5-6-15(26)11-20-18(22-14-7-8-17(27)19-10-14)21-12-16-24-23-13(2)25(16)3/h14-15H,4-12H2,1-3H3,(H,19,27)(H2,20,21,22). The van der Waals surface area contributed by atoms with Crippen LogP contribution in [-0.2, 0) is 18.4 Å². The van der Waals surface area contributed by atoms with Crippen molar-refractivity contribution in [3.8, 4) is 0 Å². The zero-order valence-electron chi connectivity index (χ0n) is 16.7. The Kier molecular flexibility index (Phi) is 6.65. The molecule has 2 atom stereocenters. The summed E-state index contributed by atoms with van der Waals surface area (Å²) in [5.41, 5.74) is 0. The molecule has 2 aliphatic heterocycles. The third-order valence-electron chi connectivity index (χ3n) is 5.58. The summed E-state index contributed by atoms with van der Waals surface area (Å²) in [6, 6.07) is 0.742. The maximum absolute atomic E-state index is 11.4. The fraction of sp³-hybridized carbons (Fsp3) is 0.778. The van der Waals surface area contributed by atoms with Gasteiger partial charge < -0.3 is 20.5 Å². The number of likely N-dealkylation sites (N-methyl/N-ethyl adjacent to an activating group) is 1. The van der Waals surface area contributed by atoms with E-state index in [9.17, 15) is 4.79 Å². The maximum Gasteiger partial charge on any atom is 0.220 e.